The minimum atomic E-state index is 0.645. The number of hydrogen-bond donors (Lipinski definition) is 2. The number of rotatable bonds is 3. The van der Waals surface area contributed by atoms with Gasteiger partial charge in [-0.1, -0.05) is 0 Å². The summed E-state index contributed by atoms with van der Waals surface area (Å²) >= 11 is 0. The van der Waals surface area contributed by atoms with Crippen LogP contribution in [0.15, 0.2) is 18.2 Å². The van der Waals surface area contributed by atoms with Crippen LogP contribution in [0.2, 0.25) is 0 Å². The van der Waals surface area contributed by atoms with Gasteiger partial charge in [-0.2, -0.15) is 0 Å². The van der Waals surface area contributed by atoms with E-state index in [1.54, 1.807) is 0 Å². The fourth-order valence-electron chi connectivity index (χ4n) is 2.02. The van der Waals surface area contributed by atoms with Gasteiger partial charge in [0.25, 0.3) is 0 Å². The lowest BCUT2D eigenvalue weighted by Gasteiger charge is -2.22. The largest absolute Gasteiger partial charge is 0.493 e. The van der Waals surface area contributed by atoms with Crippen LogP contribution in [0, 0.1) is 12.8 Å². The fraction of sp³-hybridized carbons (Fsp3) is 0.538. The van der Waals surface area contributed by atoms with Crippen molar-refractivity contribution >= 4 is 5.69 Å². The summed E-state index contributed by atoms with van der Waals surface area (Å²) in [5.74, 6) is 1.57. The quantitative estimate of drug-likeness (QED) is 0.765. The van der Waals surface area contributed by atoms with E-state index >= 15 is 0 Å². The van der Waals surface area contributed by atoms with Crippen molar-refractivity contribution in [1.29, 1.82) is 0 Å². The van der Waals surface area contributed by atoms with E-state index in [0.717, 1.165) is 36.7 Å². The Morgan fingerprint density at radius 3 is 3.06 bits per heavy atom. The Balaban J connectivity index is 1.86. The molecule has 1 aromatic rings. The minimum absolute atomic E-state index is 0.645. The Bertz CT molecular complexity index is 346. The molecule has 1 aliphatic rings. The summed E-state index contributed by atoms with van der Waals surface area (Å²) in [5, 5.41) is 3.39. The summed E-state index contributed by atoms with van der Waals surface area (Å²) < 4.78 is 5.79. The molecular weight excluding hydrogens is 200 g/mol. The van der Waals surface area contributed by atoms with Gasteiger partial charge in [0, 0.05) is 18.2 Å². The van der Waals surface area contributed by atoms with Crippen molar-refractivity contribution in [3.05, 3.63) is 23.8 Å². The lowest BCUT2D eigenvalue weighted by Crippen LogP contribution is -2.33. The molecule has 0 aromatic heterocycles. The second-order valence-electron chi connectivity index (χ2n) is 4.54. The molecule has 3 N–H and O–H groups in total. The highest BCUT2D eigenvalue weighted by molar-refractivity contribution is 5.49. The zero-order chi connectivity index (χ0) is 11.4. The van der Waals surface area contributed by atoms with Crippen molar-refractivity contribution in [2.75, 3.05) is 25.4 Å². The van der Waals surface area contributed by atoms with Crippen LogP contribution in [-0.4, -0.2) is 19.7 Å². The van der Waals surface area contributed by atoms with Gasteiger partial charge >= 0.3 is 0 Å². The van der Waals surface area contributed by atoms with Crippen LogP contribution >= 0.6 is 0 Å². The summed E-state index contributed by atoms with van der Waals surface area (Å²) in [4.78, 5) is 0. The molecule has 0 aliphatic carbocycles. The first-order chi connectivity index (χ1) is 7.75. The Hall–Kier alpha value is -1.22. The fourth-order valence-corrected chi connectivity index (χ4v) is 2.02. The van der Waals surface area contributed by atoms with Crippen molar-refractivity contribution in [2.45, 2.75) is 19.8 Å². The lowest BCUT2D eigenvalue weighted by atomic mass is 10.0. The Morgan fingerprint density at radius 1 is 1.50 bits per heavy atom. The molecule has 0 bridgehead atoms. The Labute approximate surface area is 97.0 Å². The van der Waals surface area contributed by atoms with Crippen LogP contribution in [-0.2, 0) is 0 Å². The molecule has 1 saturated heterocycles. The van der Waals surface area contributed by atoms with E-state index < -0.39 is 0 Å². The number of anilines is 1. The molecule has 1 fully saturated rings. The second kappa shape index (κ2) is 5.21. The highest BCUT2D eigenvalue weighted by atomic mass is 16.5. The van der Waals surface area contributed by atoms with Gasteiger partial charge in [0.2, 0.25) is 0 Å². The van der Waals surface area contributed by atoms with Crippen LogP contribution in [0.5, 0.6) is 5.75 Å². The highest BCUT2D eigenvalue weighted by Crippen LogP contribution is 2.20. The maximum absolute atomic E-state index is 5.79. The van der Waals surface area contributed by atoms with Gasteiger partial charge in [-0.05, 0) is 50.1 Å². The van der Waals surface area contributed by atoms with Gasteiger partial charge in [-0.15, -0.1) is 0 Å². The van der Waals surface area contributed by atoms with Crippen LogP contribution < -0.4 is 15.8 Å². The molecule has 3 nitrogen and oxygen atoms in total. The lowest BCUT2D eigenvalue weighted by molar-refractivity contribution is 0.218. The molecule has 0 saturated carbocycles. The average Bonchev–Trinajstić information content (AvgIpc) is 2.32. The van der Waals surface area contributed by atoms with Gasteiger partial charge in [0.05, 0.1) is 6.61 Å². The summed E-state index contributed by atoms with van der Waals surface area (Å²) in [6, 6.07) is 5.86. The van der Waals surface area contributed by atoms with Crippen molar-refractivity contribution in [3.8, 4) is 5.75 Å². The molecule has 0 amide bonds. The maximum atomic E-state index is 5.79. The number of hydrogen-bond acceptors (Lipinski definition) is 3. The van der Waals surface area contributed by atoms with Gasteiger partial charge < -0.3 is 15.8 Å². The normalized spacial score (nSPS) is 20.7. The average molecular weight is 220 g/mol. The van der Waals surface area contributed by atoms with E-state index in [1.165, 1.54) is 12.8 Å². The van der Waals surface area contributed by atoms with E-state index in [1.807, 2.05) is 25.1 Å². The van der Waals surface area contributed by atoms with E-state index in [2.05, 4.69) is 5.32 Å². The predicted molar refractivity (Wildman–Crippen MR) is 66.7 cm³/mol. The van der Waals surface area contributed by atoms with Gasteiger partial charge in [-0.3, -0.25) is 0 Å². The first kappa shape index (κ1) is 11.3. The third kappa shape index (κ3) is 2.89. The monoisotopic (exact) mass is 220 g/mol. The molecule has 1 unspecified atom stereocenters. The first-order valence-corrected chi connectivity index (χ1v) is 5.95. The molecule has 0 spiro atoms. The molecule has 2 rings (SSSR count). The Morgan fingerprint density at radius 2 is 2.38 bits per heavy atom. The first-order valence-electron chi connectivity index (χ1n) is 5.95. The van der Waals surface area contributed by atoms with E-state index in [9.17, 15) is 0 Å². The minimum Gasteiger partial charge on any atom is -0.493 e. The Kier molecular flexibility index (Phi) is 3.67. The smallest absolute Gasteiger partial charge is 0.119 e. The standard InChI is InChI=1S/C13H20N2O/c1-10-7-12(4-5-13(10)14)16-9-11-3-2-6-15-8-11/h4-5,7,11,15H,2-3,6,8-9,14H2,1H3. The zero-order valence-electron chi connectivity index (χ0n) is 9.83. The summed E-state index contributed by atoms with van der Waals surface area (Å²) in [6.45, 7) is 5.03. The molecule has 88 valence electrons. The summed E-state index contributed by atoms with van der Waals surface area (Å²) in [5.41, 5.74) is 7.67. The number of nitrogens with one attached hydrogen (secondary N) is 1. The molecule has 1 aromatic carbocycles. The van der Waals surface area contributed by atoms with E-state index in [4.69, 9.17) is 10.5 Å². The maximum Gasteiger partial charge on any atom is 0.119 e. The van der Waals surface area contributed by atoms with Gasteiger partial charge in [0.1, 0.15) is 5.75 Å². The van der Waals surface area contributed by atoms with Crippen LogP contribution in [0.3, 0.4) is 0 Å². The third-order valence-electron chi connectivity index (χ3n) is 3.13. The van der Waals surface area contributed by atoms with Crippen molar-refractivity contribution in [2.24, 2.45) is 5.92 Å². The van der Waals surface area contributed by atoms with Gasteiger partial charge in [0.15, 0.2) is 0 Å². The number of aryl methyl sites for hydroxylation is 1. The molecule has 1 atom stereocenters. The zero-order valence-corrected chi connectivity index (χ0v) is 9.83. The number of nitrogens with two attached hydrogens (primary N) is 1. The molecular formula is C13H20N2O. The topological polar surface area (TPSA) is 47.3 Å². The van der Waals surface area contributed by atoms with Crippen LogP contribution in [0.4, 0.5) is 5.69 Å². The summed E-state index contributed by atoms with van der Waals surface area (Å²) in [7, 11) is 0. The van der Waals surface area contributed by atoms with Crippen molar-refractivity contribution < 1.29 is 4.74 Å². The summed E-state index contributed by atoms with van der Waals surface area (Å²) in [6.07, 6.45) is 2.52. The number of nitrogen functional groups attached to an aromatic ring is 1. The molecule has 1 aliphatic heterocycles. The molecule has 3 heteroatoms. The van der Waals surface area contributed by atoms with Crippen LogP contribution in [0.25, 0.3) is 0 Å². The van der Waals surface area contributed by atoms with Gasteiger partial charge in [-0.25, -0.2) is 0 Å². The molecule has 16 heavy (non-hydrogen) atoms. The SMILES string of the molecule is Cc1cc(OCC2CCCNC2)ccc1N. The predicted octanol–water partition coefficient (Wildman–Crippen LogP) is 1.96. The number of benzene rings is 1. The van der Waals surface area contributed by atoms with E-state index in [0.29, 0.717) is 5.92 Å². The van der Waals surface area contributed by atoms with Crippen molar-refractivity contribution in [3.63, 3.8) is 0 Å². The molecule has 1 heterocycles. The van der Waals surface area contributed by atoms with E-state index in [-0.39, 0.29) is 0 Å². The molecule has 0 radical (unpaired) electrons. The number of piperidine rings is 1. The highest BCUT2D eigenvalue weighted by Gasteiger charge is 2.13. The number of ether oxygens (including phenoxy) is 1. The van der Waals surface area contributed by atoms with Crippen LogP contribution in [0.1, 0.15) is 18.4 Å². The van der Waals surface area contributed by atoms with Crippen molar-refractivity contribution in [1.82, 2.24) is 5.32 Å². The third-order valence-corrected chi connectivity index (χ3v) is 3.13. The second-order valence-corrected chi connectivity index (χ2v) is 4.54.